The first kappa shape index (κ1) is 11.5. The Kier molecular flexibility index (Phi) is 5.57. The fourth-order valence-electron chi connectivity index (χ4n) is 1.67. The summed E-state index contributed by atoms with van der Waals surface area (Å²) in [6, 6.07) is 0. The largest absolute Gasteiger partial charge is 0.303 e. The SMILES string of the molecule is C/C=C\C=C(/C)CCCN1CCNC1. The van der Waals surface area contributed by atoms with E-state index in [0.717, 1.165) is 13.2 Å². The zero-order valence-electron chi connectivity index (χ0n) is 9.42. The summed E-state index contributed by atoms with van der Waals surface area (Å²) < 4.78 is 0. The molecule has 2 nitrogen and oxygen atoms in total. The number of nitrogens with one attached hydrogen (secondary N) is 1. The van der Waals surface area contributed by atoms with E-state index in [9.17, 15) is 0 Å². The summed E-state index contributed by atoms with van der Waals surface area (Å²) in [6.45, 7) is 8.96. The molecule has 0 amide bonds. The third-order valence-electron chi connectivity index (χ3n) is 2.56. The van der Waals surface area contributed by atoms with Crippen LogP contribution in [0.5, 0.6) is 0 Å². The highest BCUT2D eigenvalue weighted by molar-refractivity contribution is 5.09. The molecule has 0 aliphatic carbocycles. The Morgan fingerprint density at radius 1 is 1.50 bits per heavy atom. The van der Waals surface area contributed by atoms with Crippen molar-refractivity contribution in [2.24, 2.45) is 0 Å². The molecule has 0 radical (unpaired) electrons. The number of allylic oxidation sites excluding steroid dienone is 4. The van der Waals surface area contributed by atoms with Crippen molar-refractivity contribution in [3.8, 4) is 0 Å². The molecule has 0 spiro atoms. The van der Waals surface area contributed by atoms with Gasteiger partial charge in [-0.05, 0) is 33.2 Å². The van der Waals surface area contributed by atoms with Gasteiger partial charge < -0.3 is 5.32 Å². The maximum Gasteiger partial charge on any atom is 0.0481 e. The average Bonchev–Trinajstić information content (AvgIpc) is 2.67. The number of hydrogen-bond acceptors (Lipinski definition) is 2. The van der Waals surface area contributed by atoms with Crippen molar-refractivity contribution >= 4 is 0 Å². The molecule has 2 heteroatoms. The van der Waals surface area contributed by atoms with E-state index >= 15 is 0 Å². The Labute approximate surface area is 87.7 Å². The summed E-state index contributed by atoms with van der Waals surface area (Å²) in [4.78, 5) is 2.48. The van der Waals surface area contributed by atoms with Crippen molar-refractivity contribution < 1.29 is 0 Å². The quantitative estimate of drug-likeness (QED) is 0.675. The molecule has 1 heterocycles. The van der Waals surface area contributed by atoms with Gasteiger partial charge in [-0.1, -0.05) is 23.8 Å². The average molecular weight is 194 g/mol. The smallest absolute Gasteiger partial charge is 0.0481 e. The molecule has 1 fully saturated rings. The third-order valence-corrected chi connectivity index (χ3v) is 2.56. The second-order valence-electron chi connectivity index (χ2n) is 3.92. The van der Waals surface area contributed by atoms with Gasteiger partial charge in [0.05, 0.1) is 0 Å². The first-order valence-corrected chi connectivity index (χ1v) is 5.54. The zero-order valence-corrected chi connectivity index (χ0v) is 9.42. The molecule has 1 aliphatic heterocycles. The highest BCUT2D eigenvalue weighted by atomic mass is 15.3. The van der Waals surface area contributed by atoms with Gasteiger partial charge in [-0.3, -0.25) is 4.90 Å². The van der Waals surface area contributed by atoms with Gasteiger partial charge in [0.15, 0.2) is 0 Å². The van der Waals surface area contributed by atoms with Gasteiger partial charge in [0, 0.05) is 19.8 Å². The lowest BCUT2D eigenvalue weighted by molar-refractivity contribution is 0.330. The summed E-state index contributed by atoms with van der Waals surface area (Å²) in [5, 5.41) is 3.34. The van der Waals surface area contributed by atoms with E-state index in [4.69, 9.17) is 0 Å². The molecule has 0 atom stereocenters. The molecule has 0 bridgehead atoms. The summed E-state index contributed by atoms with van der Waals surface area (Å²) in [7, 11) is 0. The fourth-order valence-corrected chi connectivity index (χ4v) is 1.67. The minimum atomic E-state index is 1.08. The molecule has 14 heavy (non-hydrogen) atoms. The first-order valence-electron chi connectivity index (χ1n) is 5.54. The molecule has 0 aromatic carbocycles. The summed E-state index contributed by atoms with van der Waals surface area (Å²) >= 11 is 0. The molecule has 1 saturated heterocycles. The molecule has 0 aromatic rings. The lowest BCUT2D eigenvalue weighted by Gasteiger charge is -2.12. The fraction of sp³-hybridized carbons (Fsp3) is 0.667. The molecule has 0 aromatic heterocycles. The molecular formula is C12H22N2. The Hall–Kier alpha value is -0.600. The molecule has 80 valence electrons. The van der Waals surface area contributed by atoms with Crippen LogP contribution in [0.2, 0.25) is 0 Å². The van der Waals surface area contributed by atoms with Crippen molar-refractivity contribution in [3.05, 3.63) is 23.8 Å². The summed E-state index contributed by atoms with van der Waals surface area (Å²) in [5.41, 5.74) is 1.48. The second-order valence-corrected chi connectivity index (χ2v) is 3.92. The monoisotopic (exact) mass is 194 g/mol. The highest BCUT2D eigenvalue weighted by Crippen LogP contribution is 2.06. The van der Waals surface area contributed by atoms with E-state index < -0.39 is 0 Å². The Balaban J connectivity index is 2.07. The van der Waals surface area contributed by atoms with Crippen LogP contribution in [0.1, 0.15) is 26.7 Å². The van der Waals surface area contributed by atoms with Gasteiger partial charge >= 0.3 is 0 Å². The van der Waals surface area contributed by atoms with Crippen molar-refractivity contribution in [1.29, 1.82) is 0 Å². The van der Waals surface area contributed by atoms with Crippen LogP contribution in [0.15, 0.2) is 23.8 Å². The number of nitrogens with zero attached hydrogens (tertiary/aromatic N) is 1. The lowest BCUT2D eigenvalue weighted by Crippen LogP contribution is -2.23. The lowest BCUT2D eigenvalue weighted by atomic mass is 10.1. The Morgan fingerprint density at radius 2 is 2.36 bits per heavy atom. The summed E-state index contributed by atoms with van der Waals surface area (Å²) in [6.07, 6.45) is 8.91. The van der Waals surface area contributed by atoms with Crippen LogP contribution < -0.4 is 5.32 Å². The van der Waals surface area contributed by atoms with E-state index in [1.165, 1.54) is 31.5 Å². The van der Waals surface area contributed by atoms with Gasteiger partial charge in [0.2, 0.25) is 0 Å². The normalized spacial score (nSPS) is 19.7. The van der Waals surface area contributed by atoms with E-state index in [1.54, 1.807) is 0 Å². The Bertz CT molecular complexity index is 200. The number of hydrogen-bond donors (Lipinski definition) is 1. The van der Waals surface area contributed by atoms with Gasteiger partial charge in [-0.25, -0.2) is 0 Å². The van der Waals surface area contributed by atoms with Gasteiger partial charge in [0.1, 0.15) is 0 Å². The van der Waals surface area contributed by atoms with E-state index in [1.807, 2.05) is 0 Å². The second kappa shape index (κ2) is 6.80. The van der Waals surface area contributed by atoms with Crippen molar-refractivity contribution in [1.82, 2.24) is 10.2 Å². The zero-order chi connectivity index (χ0) is 10.2. The molecule has 1 rings (SSSR count). The van der Waals surface area contributed by atoms with Crippen LogP contribution in [0.4, 0.5) is 0 Å². The standard InChI is InChI=1S/C12H22N2/c1-3-4-6-12(2)7-5-9-14-10-8-13-11-14/h3-4,6,13H,5,7-11H2,1-2H3/b4-3-,12-6+. The first-order chi connectivity index (χ1) is 6.83. The molecule has 1 aliphatic rings. The van der Waals surface area contributed by atoms with Gasteiger partial charge in [-0.15, -0.1) is 0 Å². The van der Waals surface area contributed by atoms with E-state index in [-0.39, 0.29) is 0 Å². The minimum Gasteiger partial charge on any atom is -0.303 e. The van der Waals surface area contributed by atoms with Crippen LogP contribution in [0.3, 0.4) is 0 Å². The number of rotatable bonds is 5. The van der Waals surface area contributed by atoms with Crippen LogP contribution in [0, 0.1) is 0 Å². The minimum absolute atomic E-state index is 1.08. The maximum atomic E-state index is 3.34. The van der Waals surface area contributed by atoms with E-state index in [2.05, 4.69) is 42.3 Å². The van der Waals surface area contributed by atoms with Crippen molar-refractivity contribution in [3.63, 3.8) is 0 Å². The van der Waals surface area contributed by atoms with Crippen LogP contribution in [-0.2, 0) is 0 Å². The van der Waals surface area contributed by atoms with Gasteiger partial charge in [0.25, 0.3) is 0 Å². The van der Waals surface area contributed by atoms with Crippen molar-refractivity contribution in [2.45, 2.75) is 26.7 Å². The molecule has 1 N–H and O–H groups in total. The predicted molar refractivity (Wildman–Crippen MR) is 62.2 cm³/mol. The molecule has 0 saturated carbocycles. The summed E-state index contributed by atoms with van der Waals surface area (Å²) in [5.74, 6) is 0. The van der Waals surface area contributed by atoms with Crippen LogP contribution >= 0.6 is 0 Å². The maximum absolute atomic E-state index is 3.34. The Morgan fingerprint density at radius 3 is 3.00 bits per heavy atom. The van der Waals surface area contributed by atoms with Gasteiger partial charge in [-0.2, -0.15) is 0 Å². The highest BCUT2D eigenvalue weighted by Gasteiger charge is 2.08. The van der Waals surface area contributed by atoms with Crippen LogP contribution in [-0.4, -0.2) is 31.2 Å². The van der Waals surface area contributed by atoms with E-state index in [0.29, 0.717) is 0 Å². The third kappa shape index (κ3) is 4.58. The van der Waals surface area contributed by atoms with Crippen LogP contribution in [0.25, 0.3) is 0 Å². The topological polar surface area (TPSA) is 15.3 Å². The molecule has 0 unspecified atom stereocenters. The molecular weight excluding hydrogens is 172 g/mol. The van der Waals surface area contributed by atoms with Crippen molar-refractivity contribution in [2.75, 3.05) is 26.3 Å². The predicted octanol–water partition coefficient (Wildman–Crippen LogP) is 2.15.